The van der Waals surface area contributed by atoms with Crippen LogP contribution in [0, 0.1) is 0 Å². The first-order valence-corrected chi connectivity index (χ1v) is 7.57. The van der Waals surface area contributed by atoms with E-state index in [1.807, 2.05) is 0 Å². The predicted octanol–water partition coefficient (Wildman–Crippen LogP) is -0.274. The van der Waals surface area contributed by atoms with Gasteiger partial charge in [-0.05, 0) is 6.07 Å². The average molecular weight is 343 g/mol. The predicted molar refractivity (Wildman–Crippen MR) is 84.5 cm³/mol. The minimum absolute atomic E-state index is 0.0385. The summed E-state index contributed by atoms with van der Waals surface area (Å²) < 4.78 is 5.21. The maximum atomic E-state index is 12.3. The second kappa shape index (κ2) is 8.09. The standard InChI is InChI=1S/C14H19ClN4O4/c1-16-13(21)11(20)8-18-12-10(15)6-9(7-17-12)14(22)19-2-4-23-5-3-19/h6-7,11,20H,2-5,8H2,1H3,(H,16,21)(H,17,18). The monoisotopic (exact) mass is 342 g/mol. The van der Waals surface area contributed by atoms with Crippen LogP contribution in [-0.2, 0) is 9.53 Å². The SMILES string of the molecule is CNC(=O)C(O)CNc1ncc(C(=O)N2CCOCC2)cc1Cl. The van der Waals surface area contributed by atoms with Crippen molar-refractivity contribution in [1.82, 2.24) is 15.2 Å². The van der Waals surface area contributed by atoms with E-state index in [4.69, 9.17) is 16.3 Å². The summed E-state index contributed by atoms with van der Waals surface area (Å²) in [6.45, 7) is 2.07. The van der Waals surface area contributed by atoms with Crippen LogP contribution >= 0.6 is 11.6 Å². The van der Waals surface area contributed by atoms with Gasteiger partial charge in [-0.2, -0.15) is 0 Å². The van der Waals surface area contributed by atoms with Crippen LogP contribution in [0.5, 0.6) is 0 Å². The number of nitrogens with one attached hydrogen (secondary N) is 2. The van der Waals surface area contributed by atoms with E-state index in [1.165, 1.54) is 19.3 Å². The number of halogens is 1. The molecule has 2 heterocycles. The molecule has 1 unspecified atom stereocenters. The number of carbonyl (C=O) groups is 2. The summed E-state index contributed by atoms with van der Waals surface area (Å²) in [5.41, 5.74) is 0.384. The first-order valence-electron chi connectivity index (χ1n) is 7.19. The van der Waals surface area contributed by atoms with E-state index >= 15 is 0 Å². The number of anilines is 1. The number of rotatable bonds is 5. The summed E-state index contributed by atoms with van der Waals surface area (Å²) in [6, 6.07) is 1.51. The van der Waals surface area contributed by atoms with Crippen molar-refractivity contribution in [2.75, 3.05) is 45.2 Å². The van der Waals surface area contributed by atoms with Crippen molar-refractivity contribution in [1.29, 1.82) is 0 Å². The number of nitrogens with zero attached hydrogens (tertiary/aromatic N) is 2. The second-order valence-electron chi connectivity index (χ2n) is 4.97. The molecule has 8 nitrogen and oxygen atoms in total. The summed E-state index contributed by atoms with van der Waals surface area (Å²) in [5, 5.41) is 14.9. The Bertz CT molecular complexity index is 578. The third kappa shape index (κ3) is 4.54. The maximum absolute atomic E-state index is 12.3. The molecule has 0 bridgehead atoms. The number of morpholine rings is 1. The normalized spacial score (nSPS) is 15.9. The van der Waals surface area contributed by atoms with Crippen molar-refractivity contribution < 1.29 is 19.4 Å². The zero-order valence-corrected chi connectivity index (χ0v) is 13.5. The summed E-state index contributed by atoms with van der Waals surface area (Å²) >= 11 is 6.11. The molecule has 0 aromatic carbocycles. The van der Waals surface area contributed by atoms with Gasteiger partial charge in [0.25, 0.3) is 5.91 Å². The highest BCUT2D eigenvalue weighted by Gasteiger charge is 2.20. The van der Waals surface area contributed by atoms with E-state index in [-0.39, 0.29) is 17.5 Å². The molecule has 1 aliphatic rings. The van der Waals surface area contributed by atoms with Gasteiger partial charge in [0.2, 0.25) is 5.91 Å². The molecule has 1 atom stereocenters. The fourth-order valence-electron chi connectivity index (χ4n) is 2.09. The molecule has 0 spiro atoms. The molecule has 9 heteroatoms. The van der Waals surface area contributed by atoms with Crippen LogP contribution in [0.1, 0.15) is 10.4 Å². The molecule has 1 aromatic rings. The summed E-state index contributed by atoms with van der Waals surface area (Å²) in [4.78, 5) is 29.3. The van der Waals surface area contributed by atoms with Gasteiger partial charge in [0.15, 0.2) is 0 Å². The fourth-order valence-corrected chi connectivity index (χ4v) is 2.32. The molecule has 0 radical (unpaired) electrons. The zero-order chi connectivity index (χ0) is 16.8. The van der Waals surface area contributed by atoms with Gasteiger partial charge in [-0.1, -0.05) is 11.6 Å². The number of ether oxygens (including phenoxy) is 1. The van der Waals surface area contributed by atoms with Crippen LogP contribution < -0.4 is 10.6 Å². The first-order chi connectivity index (χ1) is 11.0. The lowest BCUT2D eigenvalue weighted by molar-refractivity contribution is -0.128. The fraction of sp³-hybridized carbons (Fsp3) is 0.500. The van der Waals surface area contributed by atoms with Gasteiger partial charge in [0, 0.05) is 26.3 Å². The van der Waals surface area contributed by atoms with Crippen LogP contribution in [0.15, 0.2) is 12.3 Å². The number of hydrogen-bond donors (Lipinski definition) is 3. The molecular weight excluding hydrogens is 324 g/mol. The van der Waals surface area contributed by atoms with Crippen molar-refractivity contribution in [3.63, 3.8) is 0 Å². The third-order valence-electron chi connectivity index (χ3n) is 3.40. The van der Waals surface area contributed by atoms with Crippen molar-refractivity contribution in [3.8, 4) is 0 Å². The molecule has 3 N–H and O–H groups in total. The van der Waals surface area contributed by atoms with Crippen LogP contribution in [0.3, 0.4) is 0 Å². The molecule has 1 fully saturated rings. The number of pyridine rings is 1. The van der Waals surface area contributed by atoms with Gasteiger partial charge < -0.3 is 25.4 Å². The van der Waals surface area contributed by atoms with Gasteiger partial charge in [0.1, 0.15) is 11.9 Å². The highest BCUT2D eigenvalue weighted by atomic mass is 35.5. The van der Waals surface area contributed by atoms with Gasteiger partial charge >= 0.3 is 0 Å². The van der Waals surface area contributed by atoms with E-state index < -0.39 is 12.0 Å². The smallest absolute Gasteiger partial charge is 0.255 e. The Morgan fingerprint density at radius 1 is 1.48 bits per heavy atom. The second-order valence-corrected chi connectivity index (χ2v) is 5.38. The maximum Gasteiger partial charge on any atom is 0.255 e. The minimum Gasteiger partial charge on any atom is -0.381 e. The van der Waals surface area contributed by atoms with Crippen molar-refractivity contribution in [2.45, 2.75) is 6.10 Å². The molecule has 1 aromatic heterocycles. The number of aliphatic hydroxyl groups excluding tert-OH is 1. The van der Waals surface area contributed by atoms with Gasteiger partial charge in [-0.25, -0.2) is 4.98 Å². The molecule has 1 aliphatic heterocycles. The molecule has 0 aliphatic carbocycles. The number of likely N-dealkylation sites (N-methyl/N-ethyl adjacent to an activating group) is 1. The van der Waals surface area contributed by atoms with E-state index in [2.05, 4.69) is 15.6 Å². The van der Waals surface area contributed by atoms with Crippen molar-refractivity contribution in [3.05, 3.63) is 22.8 Å². The Balaban J connectivity index is 1.99. The minimum atomic E-state index is -1.22. The zero-order valence-electron chi connectivity index (χ0n) is 12.7. The average Bonchev–Trinajstić information content (AvgIpc) is 2.59. The third-order valence-corrected chi connectivity index (χ3v) is 3.69. The van der Waals surface area contributed by atoms with Crippen LogP contribution in [-0.4, -0.2) is 72.8 Å². The molecule has 2 rings (SSSR count). The van der Waals surface area contributed by atoms with Crippen molar-refractivity contribution in [2.24, 2.45) is 0 Å². The van der Waals surface area contributed by atoms with Gasteiger partial charge in [0.05, 0.1) is 30.3 Å². The quantitative estimate of drug-likeness (QED) is 0.680. The molecule has 23 heavy (non-hydrogen) atoms. The van der Waals surface area contributed by atoms with E-state index in [1.54, 1.807) is 4.90 Å². The Hall–Kier alpha value is -1.90. The summed E-state index contributed by atoms with van der Waals surface area (Å²) in [6.07, 6.45) is 0.200. The topological polar surface area (TPSA) is 104 Å². The van der Waals surface area contributed by atoms with Crippen LogP contribution in [0.4, 0.5) is 5.82 Å². The van der Waals surface area contributed by atoms with Crippen LogP contribution in [0.2, 0.25) is 5.02 Å². The number of aliphatic hydroxyl groups is 1. The Morgan fingerprint density at radius 3 is 2.78 bits per heavy atom. The van der Waals surface area contributed by atoms with Crippen molar-refractivity contribution >= 4 is 29.2 Å². The lowest BCUT2D eigenvalue weighted by Crippen LogP contribution is -2.40. The largest absolute Gasteiger partial charge is 0.381 e. The van der Waals surface area contributed by atoms with Gasteiger partial charge in [-0.15, -0.1) is 0 Å². The van der Waals surface area contributed by atoms with E-state index in [0.717, 1.165) is 0 Å². The van der Waals surface area contributed by atoms with Gasteiger partial charge in [-0.3, -0.25) is 9.59 Å². The van der Waals surface area contributed by atoms with E-state index in [9.17, 15) is 14.7 Å². The Kier molecular flexibility index (Phi) is 6.14. The lowest BCUT2D eigenvalue weighted by atomic mass is 10.2. The van der Waals surface area contributed by atoms with E-state index in [0.29, 0.717) is 37.7 Å². The highest BCUT2D eigenvalue weighted by molar-refractivity contribution is 6.33. The molecule has 2 amide bonds. The Labute approximate surface area is 138 Å². The summed E-state index contributed by atoms with van der Waals surface area (Å²) in [5.74, 6) is -0.361. The number of amides is 2. The molecular formula is C14H19ClN4O4. The number of aromatic nitrogens is 1. The first kappa shape index (κ1) is 17.5. The van der Waals surface area contributed by atoms with Crippen LogP contribution in [0.25, 0.3) is 0 Å². The number of carbonyl (C=O) groups excluding carboxylic acids is 2. The Morgan fingerprint density at radius 2 is 2.17 bits per heavy atom. The molecule has 126 valence electrons. The lowest BCUT2D eigenvalue weighted by Gasteiger charge is -2.26. The molecule has 0 saturated carbocycles. The highest BCUT2D eigenvalue weighted by Crippen LogP contribution is 2.21. The molecule has 1 saturated heterocycles. The number of hydrogen-bond acceptors (Lipinski definition) is 6. The summed E-state index contributed by atoms with van der Waals surface area (Å²) in [7, 11) is 1.43.